The van der Waals surface area contributed by atoms with Gasteiger partial charge in [0.05, 0.1) is 36.0 Å². The van der Waals surface area contributed by atoms with E-state index in [9.17, 15) is 9.90 Å². The fourth-order valence-corrected chi connectivity index (χ4v) is 4.48. The number of nitrogens with one attached hydrogen (secondary N) is 1. The summed E-state index contributed by atoms with van der Waals surface area (Å²) in [6.07, 6.45) is 4.11. The number of amides is 1. The summed E-state index contributed by atoms with van der Waals surface area (Å²) in [5.41, 5.74) is 2.89. The van der Waals surface area contributed by atoms with Gasteiger partial charge in [-0.05, 0) is 52.0 Å². The maximum absolute atomic E-state index is 13.2. The van der Waals surface area contributed by atoms with Crippen molar-refractivity contribution in [2.45, 2.75) is 45.3 Å². The number of rotatable bonds is 5. The highest BCUT2D eigenvalue weighted by molar-refractivity contribution is 6.05. The molecule has 2 aliphatic heterocycles. The molecule has 9 nitrogen and oxygen atoms in total. The van der Waals surface area contributed by atoms with Crippen molar-refractivity contribution in [3.63, 3.8) is 0 Å². The van der Waals surface area contributed by atoms with E-state index >= 15 is 0 Å². The van der Waals surface area contributed by atoms with Crippen LogP contribution in [0.5, 0.6) is 5.75 Å². The Bertz CT molecular complexity index is 1250. The average Bonchev–Trinajstić information content (AvgIpc) is 3.42. The zero-order valence-corrected chi connectivity index (χ0v) is 20.5. The summed E-state index contributed by atoms with van der Waals surface area (Å²) in [7, 11) is 0. The number of fused-ring (bicyclic) bond motifs is 1. The van der Waals surface area contributed by atoms with Crippen molar-refractivity contribution < 1.29 is 19.4 Å². The molecule has 5 rings (SSSR count). The molecule has 0 saturated carbocycles. The Kier molecular flexibility index (Phi) is 5.77. The molecular weight excluding hydrogens is 446 g/mol. The molecule has 1 fully saturated rings. The average molecular weight is 478 g/mol. The number of aromatic nitrogens is 3. The van der Waals surface area contributed by atoms with Crippen molar-refractivity contribution in [1.29, 1.82) is 0 Å². The minimum Gasteiger partial charge on any atom is -0.487 e. The van der Waals surface area contributed by atoms with E-state index in [-0.39, 0.29) is 17.2 Å². The van der Waals surface area contributed by atoms with Crippen molar-refractivity contribution >= 4 is 17.3 Å². The predicted molar refractivity (Wildman–Crippen MR) is 132 cm³/mol. The van der Waals surface area contributed by atoms with Gasteiger partial charge < -0.3 is 24.8 Å². The molecule has 3 aromatic rings. The topological polar surface area (TPSA) is 102 Å². The second-order valence-corrected chi connectivity index (χ2v) is 10.2. The van der Waals surface area contributed by atoms with Gasteiger partial charge in [0.1, 0.15) is 17.0 Å². The standard InChI is InChI=1S/C26H31N5O4/c1-25(2)16-17-13-20(21(15-22(17)35-25)30-9-11-34-12-10-30)28-24(32)19-6-8-31(29-19)18-5-7-27-23(14-18)26(3,4)33/h5-8,13-15,33H,9-12,16H2,1-4H3,(H,28,32). The number of benzene rings is 1. The maximum Gasteiger partial charge on any atom is 0.276 e. The summed E-state index contributed by atoms with van der Waals surface area (Å²) in [5, 5.41) is 17.8. The lowest BCUT2D eigenvalue weighted by molar-refractivity contribution is 0.0738. The molecule has 9 heteroatoms. The Morgan fingerprint density at radius 3 is 2.69 bits per heavy atom. The zero-order valence-electron chi connectivity index (χ0n) is 20.5. The van der Waals surface area contributed by atoms with E-state index in [1.807, 2.05) is 12.1 Å². The number of hydrogen-bond acceptors (Lipinski definition) is 7. The van der Waals surface area contributed by atoms with Gasteiger partial charge in [0.25, 0.3) is 5.91 Å². The van der Waals surface area contributed by atoms with Crippen LogP contribution in [-0.2, 0) is 16.8 Å². The highest BCUT2D eigenvalue weighted by Crippen LogP contribution is 2.42. The molecule has 0 bridgehead atoms. The van der Waals surface area contributed by atoms with Crippen molar-refractivity contribution in [2.24, 2.45) is 0 Å². The fraction of sp³-hybridized carbons (Fsp3) is 0.423. The summed E-state index contributed by atoms with van der Waals surface area (Å²) >= 11 is 0. The first-order valence-corrected chi connectivity index (χ1v) is 11.8. The first-order valence-electron chi connectivity index (χ1n) is 11.8. The van der Waals surface area contributed by atoms with Gasteiger partial charge in [0.15, 0.2) is 5.69 Å². The minimum absolute atomic E-state index is 0.279. The molecule has 0 atom stereocenters. The third-order valence-corrected chi connectivity index (χ3v) is 6.24. The van der Waals surface area contributed by atoms with Crippen LogP contribution in [0.4, 0.5) is 11.4 Å². The van der Waals surface area contributed by atoms with Crippen LogP contribution in [-0.4, -0.2) is 57.7 Å². The quantitative estimate of drug-likeness (QED) is 0.581. The van der Waals surface area contributed by atoms with E-state index in [1.54, 1.807) is 49.1 Å². The number of nitrogens with zero attached hydrogens (tertiary/aromatic N) is 4. The lowest BCUT2D eigenvalue weighted by Crippen LogP contribution is -2.36. The van der Waals surface area contributed by atoms with E-state index in [1.165, 1.54) is 0 Å². The lowest BCUT2D eigenvalue weighted by Gasteiger charge is -2.31. The number of carbonyl (C=O) groups excluding carboxylic acids is 1. The number of pyridine rings is 1. The molecule has 0 unspecified atom stereocenters. The second-order valence-electron chi connectivity index (χ2n) is 10.2. The van der Waals surface area contributed by atoms with Crippen LogP contribution in [0, 0.1) is 0 Å². The van der Waals surface area contributed by atoms with Crippen LogP contribution in [0.3, 0.4) is 0 Å². The van der Waals surface area contributed by atoms with Crippen LogP contribution < -0.4 is 15.0 Å². The summed E-state index contributed by atoms with van der Waals surface area (Å²) in [4.78, 5) is 19.7. The predicted octanol–water partition coefficient (Wildman–Crippen LogP) is 3.30. The largest absolute Gasteiger partial charge is 0.487 e. The second kappa shape index (κ2) is 8.66. The van der Waals surface area contributed by atoms with Crippen molar-refractivity contribution in [2.75, 3.05) is 36.5 Å². The minimum atomic E-state index is -1.08. The first-order chi connectivity index (χ1) is 16.6. The Balaban J connectivity index is 1.42. The molecule has 1 amide bonds. The summed E-state index contributed by atoms with van der Waals surface area (Å²) in [5.74, 6) is 0.562. The highest BCUT2D eigenvalue weighted by atomic mass is 16.5. The van der Waals surface area contributed by atoms with Crippen LogP contribution in [0.25, 0.3) is 5.69 Å². The molecule has 0 aliphatic carbocycles. The summed E-state index contributed by atoms with van der Waals surface area (Å²) in [6.45, 7) is 10.2. The number of aliphatic hydroxyl groups is 1. The van der Waals surface area contributed by atoms with Crippen LogP contribution in [0.15, 0.2) is 42.7 Å². The number of ether oxygens (including phenoxy) is 2. The van der Waals surface area contributed by atoms with Gasteiger partial charge in [-0.15, -0.1) is 0 Å². The smallest absolute Gasteiger partial charge is 0.276 e. The third kappa shape index (κ3) is 4.87. The summed E-state index contributed by atoms with van der Waals surface area (Å²) < 4.78 is 13.3. The molecule has 1 aromatic carbocycles. The first kappa shape index (κ1) is 23.3. The molecule has 0 spiro atoms. The number of morpholine rings is 1. The molecule has 2 aromatic heterocycles. The van der Waals surface area contributed by atoms with Gasteiger partial charge in [-0.3, -0.25) is 9.78 Å². The molecule has 2 N–H and O–H groups in total. The molecule has 35 heavy (non-hydrogen) atoms. The van der Waals surface area contributed by atoms with Gasteiger partial charge in [-0.1, -0.05) is 0 Å². The van der Waals surface area contributed by atoms with E-state index in [0.29, 0.717) is 24.6 Å². The van der Waals surface area contributed by atoms with Crippen molar-refractivity contribution in [3.8, 4) is 11.4 Å². The third-order valence-electron chi connectivity index (χ3n) is 6.24. The Hall–Kier alpha value is -3.43. The Morgan fingerprint density at radius 1 is 1.17 bits per heavy atom. The number of anilines is 2. The number of hydrogen-bond donors (Lipinski definition) is 2. The molecule has 2 aliphatic rings. The van der Waals surface area contributed by atoms with E-state index < -0.39 is 5.60 Å². The van der Waals surface area contributed by atoms with Crippen molar-refractivity contribution in [1.82, 2.24) is 14.8 Å². The van der Waals surface area contributed by atoms with Gasteiger partial charge in [-0.2, -0.15) is 5.10 Å². The molecular formula is C26H31N5O4. The van der Waals surface area contributed by atoms with Gasteiger partial charge in [0, 0.05) is 43.5 Å². The maximum atomic E-state index is 13.2. The fourth-order valence-electron chi connectivity index (χ4n) is 4.48. The van der Waals surface area contributed by atoms with Crippen LogP contribution in [0.1, 0.15) is 49.4 Å². The van der Waals surface area contributed by atoms with Gasteiger partial charge >= 0.3 is 0 Å². The van der Waals surface area contributed by atoms with Gasteiger partial charge in [-0.25, -0.2) is 4.68 Å². The van der Waals surface area contributed by atoms with E-state index in [0.717, 1.165) is 42.2 Å². The SMILES string of the molecule is CC1(C)Cc2cc(NC(=O)c3ccn(-c4ccnc(C(C)(C)O)c4)n3)c(N3CCOCC3)cc2O1. The summed E-state index contributed by atoms with van der Waals surface area (Å²) in [6, 6.07) is 9.25. The van der Waals surface area contributed by atoms with E-state index in [2.05, 4.69) is 34.1 Å². The van der Waals surface area contributed by atoms with Gasteiger partial charge in [0.2, 0.25) is 0 Å². The monoisotopic (exact) mass is 477 g/mol. The number of carbonyl (C=O) groups is 1. The Labute approximate surface area is 204 Å². The van der Waals surface area contributed by atoms with E-state index in [4.69, 9.17) is 9.47 Å². The molecule has 0 radical (unpaired) electrons. The van der Waals surface area contributed by atoms with Crippen molar-refractivity contribution in [3.05, 3.63) is 59.7 Å². The Morgan fingerprint density at radius 2 is 1.94 bits per heavy atom. The van der Waals surface area contributed by atoms with Crippen LogP contribution in [0.2, 0.25) is 0 Å². The highest BCUT2D eigenvalue weighted by Gasteiger charge is 2.32. The lowest BCUT2D eigenvalue weighted by atomic mass is 10.0. The zero-order chi connectivity index (χ0) is 24.8. The molecule has 184 valence electrons. The normalized spacial score (nSPS) is 17.1. The molecule has 4 heterocycles. The van der Waals surface area contributed by atoms with Crippen LogP contribution >= 0.6 is 0 Å². The molecule has 1 saturated heterocycles.